The third-order valence-electron chi connectivity index (χ3n) is 7.50. The standard InChI is InChI=1S/C26H35N5O4/c1-19-6-7-22-23(14-19)34-13-3-10-31-17-20(28-29-31)4-2-5-24(32)27-16-21-15-26(18-35-21)8-11-30(12-9-26)25(22)33/h6-7,14,17,21H,2-5,8-13,15-16,18H2,1H3,(H,27,32). The quantitative estimate of drug-likeness (QED) is 0.621. The molecule has 2 saturated heterocycles. The van der Waals surface area contributed by atoms with Crippen LogP contribution in [0.3, 0.4) is 0 Å². The fourth-order valence-electron chi connectivity index (χ4n) is 5.37. The predicted octanol–water partition coefficient (Wildman–Crippen LogP) is 2.52. The number of ether oxygens (including phenoxy) is 2. The van der Waals surface area contributed by atoms with Crippen LogP contribution < -0.4 is 10.1 Å². The van der Waals surface area contributed by atoms with Gasteiger partial charge in [0, 0.05) is 45.2 Å². The van der Waals surface area contributed by atoms with Crippen LogP contribution in [-0.2, 0) is 22.5 Å². The molecule has 2 aromatic rings. The van der Waals surface area contributed by atoms with Crippen molar-refractivity contribution in [3.8, 4) is 5.75 Å². The average Bonchev–Trinajstić information content (AvgIpc) is 3.47. The summed E-state index contributed by atoms with van der Waals surface area (Å²) in [5.41, 5.74) is 2.68. The van der Waals surface area contributed by atoms with Crippen molar-refractivity contribution in [3.63, 3.8) is 0 Å². The summed E-state index contributed by atoms with van der Waals surface area (Å²) < 4.78 is 14.0. The molecule has 1 aromatic heterocycles. The second-order valence-electron chi connectivity index (χ2n) is 10.3. The molecule has 5 heterocycles. The number of piperidine rings is 1. The molecule has 0 saturated carbocycles. The second-order valence-corrected chi connectivity index (χ2v) is 10.3. The zero-order valence-corrected chi connectivity index (χ0v) is 20.5. The van der Waals surface area contributed by atoms with E-state index in [1.54, 1.807) is 0 Å². The summed E-state index contributed by atoms with van der Waals surface area (Å²) in [4.78, 5) is 27.7. The number of aryl methyl sites for hydroxylation is 3. The Bertz CT molecular complexity index is 1060. The molecule has 4 aliphatic rings. The molecule has 188 valence electrons. The topological polar surface area (TPSA) is 98.6 Å². The van der Waals surface area contributed by atoms with Gasteiger partial charge in [-0.3, -0.25) is 14.3 Å². The molecular formula is C26H35N5O4. The number of nitrogens with zero attached hydrogens (tertiary/aromatic N) is 4. The van der Waals surface area contributed by atoms with Crippen molar-refractivity contribution in [2.45, 2.75) is 64.5 Å². The Labute approximate surface area is 206 Å². The lowest BCUT2D eigenvalue weighted by atomic mass is 9.76. The van der Waals surface area contributed by atoms with Crippen LogP contribution >= 0.6 is 0 Å². The lowest BCUT2D eigenvalue weighted by Gasteiger charge is -2.38. The minimum Gasteiger partial charge on any atom is -0.493 e. The van der Waals surface area contributed by atoms with E-state index in [1.165, 1.54) is 0 Å². The summed E-state index contributed by atoms with van der Waals surface area (Å²) in [6.07, 6.45) is 7.41. The fourth-order valence-corrected chi connectivity index (χ4v) is 5.37. The van der Waals surface area contributed by atoms with Gasteiger partial charge >= 0.3 is 0 Å². The van der Waals surface area contributed by atoms with Gasteiger partial charge in [0.2, 0.25) is 5.91 Å². The first-order valence-corrected chi connectivity index (χ1v) is 12.8. The molecule has 1 atom stereocenters. The van der Waals surface area contributed by atoms with Gasteiger partial charge in [-0.25, -0.2) is 0 Å². The summed E-state index contributed by atoms with van der Waals surface area (Å²) in [6.45, 7) is 5.84. The maximum absolute atomic E-state index is 13.4. The van der Waals surface area contributed by atoms with Crippen molar-refractivity contribution in [1.29, 1.82) is 0 Å². The van der Waals surface area contributed by atoms with Crippen molar-refractivity contribution in [3.05, 3.63) is 41.2 Å². The Morgan fingerprint density at radius 3 is 2.83 bits per heavy atom. The second kappa shape index (κ2) is 10.4. The van der Waals surface area contributed by atoms with Crippen molar-refractivity contribution < 1.29 is 19.1 Å². The van der Waals surface area contributed by atoms with Crippen LogP contribution in [0.25, 0.3) is 0 Å². The van der Waals surface area contributed by atoms with E-state index in [2.05, 4.69) is 15.6 Å². The Hall–Kier alpha value is -2.94. The zero-order chi connectivity index (χ0) is 24.3. The highest BCUT2D eigenvalue weighted by Crippen LogP contribution is 2.42. The highest BCUT2D eigenvalue weighted by Gasteiger charge is 2.43. The van der Waals surface area contributed by atoms with Crippen LogP contribution in [0, 0.1) is 12.3 Å². The lowest BCUT2D eigenvalue weighted by Crippen LogP contribution is -2.44. The first kappa shape index (κ1) is 23.8. The molecule has 1 unspecified atom stereocenters. The molecule has 1 N–H and O–H groups in total. The molecule has 6 rings (SSSR count). The van der Waals surface area contributed by atoms with Crippen molar-refractivity contribution in [2.75, 3.05) is 32.8 Å². The molecule has 35 heavy (non-hydrogen) atoms. The maximum atomic E-state index is 13.4. The Morgan fingerprint density at radius 1 is 1.11 bits per heavy atom. The van der Waals surface area contributed by atoms with E-state index in [4.69, 9.17) is 9.47 Å². The van der Waals surface area contributed by atoms with Gasteiger partial charge in [0.1, 0.15) is 5.75 Å². The number of amides is 2. The highest BCUT2D eigenvalue weighted by atomic mass is 16.5. The molecular weight excluding hydrogens is 446 g/mol. The molecule has 9 nitrogen and oxygen atoms in total. The van der Waals surface area contributed by atoms with E-state index in [0.29, 0.717) is 57.1 Å². The van der Waals surface area contributed by atoms with Gasteiger partial charge in [-0.1, -0.05) is 11.3 Å². The van der Waals surface area contributed by atoms with E-state index in [0.717, 1.165) is 49.8 Å². The number of hydrogen-bond acceptors (Lipinski definition) is 6. The van der Waals surface area contributed by atoms with E-state index >= 15 is 0 Å². The van der Waals surface area contributed by atoms with Crippen LogP contribution in [-0.4, -0.2) is 70.7 Å². The molecule has 0 radical (unpaired) electrons. The van der Waals surface area contributed by atoms with Crippen LogP contribution in [0.5, 0.6) is 5.75 Å². The van der Waals surface area contributed by atoms with Gasteiger partial charge < -0.3 is 19.7 Å². The number of rotatable bonds is 0. The largest absolute Gasteiger partial charge is 0.493 e. The molecule has 2 fully saturated rings. The Balaban J connectivity index is 1.31. The monoisotopic (exact) mass is 481 g/mol. The molecule has 2 amide bonds. The number of benzene rings is 1. The van der Waals surface area contributed by atoms with Gasteiger partial charge in [0.25, 0.3) is 5.91 Å². The van der Waals surface area contributed by atoms with Crippen LogP contribution in [0.2, 0.25) is 0 Å². The maximum Gasteiger partial charge on any atom is 0.257 e. The zero-order valence-electron chi connectivity index (χ0n) is 20.5. The number of fused-ring (bicyclic) bond motifs is 10. The van der Waals surface area contributed by atoms with Crippen molar-refractivity contribution >= 4 is 11.8 Å². The summed E-state index contributed by atoms with van der Waals surface area (Å²) in [6, 6.07) is 5.81. The van der Waals surface area contributed by atoms with Crippen LogP contribution in [0.1, 0.15) is 60.1 Å². The van der Waals surface area contributed by atoms with Gasteiger partial charge in [-0.2, -0.15) is 0 Å². The van der Waals surface area contributed by atoms with Crippen LogP contribution in [0.15, 0.2) is 24.4 Å². The number of carbonyl (C=O) groups excluding carboxylic acids is 2. The van der Waals surface area contributed by atoms with E-state index < -0.39 is 0 Å². The summed E-state index contributed by atoms with van der Waals surface area (Å²) in [7, 11) is 0. The fraction of sp³-hybridized carbons (Fsp3) is 0.615. The third-order valence-corrected chi connectivity index (χ3v) is 7.50. The number of hydrogen-bond donors (Lipinski definition) is 1. The smallest absolute Gasteiger partial charge is 0.257 e. The number of nitrogens with one attached hydrogen (secondary N) is 1. The van der Waals surface area contributed by atoms with Gasteiger partial charge in [-0.15, -0.1) is 5.10 Å². The minimum absolute atomic E-state index is 0.0284. The molecule has 1 aromatic carbocycles. The van der Waals surface area contributed by atoms with Gasteiger partial charge in [-0.05, 0) is 62.1 Å². The summed E-state index contributed by atoms with van der Waals surface area (Å²) in [5, 5.41) is 11.5. The first-order chi connectivity index (χ1) is 17.0. The first-order valence-electron chi connectivity index (χ1n) is 12.8. The van der Waals surface area contributed by atoms with E-state index in [-0.39, 0.29) is 23.3 Å². The lowest BCUT2D eigenvalue weighted by molar-refractivity contribution is -0.121. The predicted molar refractivity (Wildman–Crippen MR) is 129 cm³/mol. The molecule has 5 bridgehead atoms. The Kier molecular flexibility index (Phi) is 7.04. The molecule has 1 spiro atoms. The third kappa shape index (κ3) is 5.66. The molecule has 0 aliphatic carbocycles. The molecule has 9 heteroatoms. The normalized spacial score (nSPS) is 26.3. The van der Waals surface area contributed by atoms with Gasteiger partial charge in [0.05, 0.1) is 30.6 Å². The summed E-state index contributed by atoms with van der Waals surface area (Å²) in [5.74, 6) is 0.730. The van der Waals surface area contributed by atoms with Crippen molar-refractivity contribution in [2.24, 2.45) is 5.41 Å². The summed E-state index contributed by atoms with van der Waals surface area (Å²) >= 11 is 0. The Morgan fingerprint density at radius 2 is 1.97 bits per heavy atom. The highest BCUT2D eigenvalue weighted by molar-refractivity contribution is 5.97. The average molecular weight is 482 g/mol. The number of carbonyl (C=O) groups is 2. The van der Waals surface area contributed by atoms with Crippen LogP contribution in [0.4, 0.5) is 0 Å². The van der Waals surface area contributed by atoms with E-state index in [9.17, 15) is 9.59 Å². The van der Waals surface area contributed by atoms with E-state index in [1.807, 2.05) is 40.9 Å². The van der Waals surface area contributed by atoms with Gasteiger partial charge in [0.15, 0.2) is 0 Å². The minimum atomic E-state index is 0.0284. The number of aromatic nitrogens is 3. The van der Waals surface area contributed by atoms with Crippen molar-refractivity contribution in [1.82, 2.24) is 25.2 Å². The molecule has 4 aliphatic heterocycles. The SMILES string of the molecule is Cc1ccc2c(c1)OCCCn1cc(nn1)CCCC(=O)NCC1CC3(CCN(CC3)C2=O)CO1.